The molecular weight excluding hydrogens is 348 g/mol. The van der Waals surface area contributed by atoms with Crippen LogP contribution in [0.5, 0.6) is 0 Å². The highest BCUT2D eigenvalue weighted by atomic mass is 16.4. The monoisotopic (exact) mass is 374 g/mol. The molecule has 1 saturated heterocycles. The molecule has 8 heteroatoms. The van der Waals surface area contributed by atoms with Gasteiger partial charge < -0.3 is 26.0 Å². The number of rotatable bonds is 5. The number of amides is 4. The SMILES string of the molecule is CC(NC(=O)N1CCCC(C(=O)O)C1)c1ccc(NC(=O)NC2CC2)cc1. The van der Waals surface area contributed by atoms with Gasteiger partial charge in [-0.3, -0.25) is 4.79 Å². The first-order valence-electron chi connectivity index (χ1n) is 9.38. The number of piperidine rings is 1. The molecule has 27 heavy (non-hydrogen) atoms. The van der Waals surface area contributed by atoms with Gasteiger partial charge in [-0.05, 0) is 50.3 Å². The van der Waals surface area contributed by atoms with Crippen molar-refractivity contribution < 1.29 is 19.5 Å². The molecule has 4 amide bonds. The number of nitrogens with one attached hydrogen (secondary N) is 3. The number of carbonyl (C=O) groups excluding carboxylic acids is 2. The Morgan fingerprint density at radius 2 is 1.85 bits per heavy atom. The van der Waals surface area contributed by atoms with Gasteiger partial charge in [0.25, 0.3) is 0 Å². The zero-order valence-electron chi connectivity index (χ0n) is 15.4. The van der Waals surface area contributed by atoms with Crippen LogP contribution in [-0.4, -0.2) is 47.2 Å². The van der Waals surface area contributed by atoms with Crippen LogP contribution >= 0.6 is 0 Å². The van der Waals surface area contributed by atoms with E-state index < -0.39 is 11.9 Å². The Bertz CT molecular complexity index is 702. The molecule has 1 aliphatic heterocycles. The molecule has 1 aromatic carbocycles. The zero-order chi connectivity index (χ0) is 19.4. The molecule has 0 spiro atoms. The first-order valence-corrected chi connectivity index (χ1v) is 9.38. The van der Waals surface area contributed by atoms with Crippen LogP contribution in [0, 0.1) is 5.92 Å². The third-order valence-electron chi connectivity index (χ3n) is 4.98. The van der Waals surface area contributed by atoms with Crippen molar-refractivity contribution >= 4 is 23.7 Å². The molecule has 0 radical (unpaired) electrons. The summed E-state index contributed by atoms with van der Waals surface area (Å²) in [5, 5.41) is 17.7. The Labute approximate surface area is 158 Å². The van der Waals surface area contributed by atoms with E-state index in [1.165, 1.54) is 0 Å². The molecule has 8 nitrogen and oxygen atoms in total. The fraction of sp³-hybridized carbons (Fsp3) is 0.526. The number of hydrogen-bond donors (Lipinski definition) is 4. The lowest BCUT2D eigenvalue weighted by molar-refractivity contribution is -0.143. The van der Waals surface area contributed by atoms with E-state index in [9.17, 15) is 14.4 Å². The van der Waals surface area contributed by atoms with E-state index in [0.29, 0.717) is 31.1 Å². The molecule has 146 valence electrons. The van der Waals surface area contributed by atoms with E-state index in [1.54, 1.807) is 17.0 Å². The number of nitrogens with zero attached hydrogens (tertiary/aromatic N) is 1. The number of carbonyl (C=O) groups is 3. The van der Waals surface area contributed by atoms with Crippen LogP contribution in [0.25, 0.3) is 0 Å². The first-order chi connectivity index (χ1) is 12.9. The Kier molecular flexibility index (Phi) is 5.83. The van der Waals surface area contributed by atoms with Crippen LogP contribution in [0.3, 0.4) is 0 Å². The maximum Gasteiger partial charge on any atom is 0.319 e. The highest BCUT2D eigenvalue weighted by molar-refractivity contribution is 5.89. The third kappa shape index (κ3) is 5.35. The summed E-state index contributed by atoms with van der Waals surface area (Å²) in [6.07, 6.45) is 3.38. The molecule has 3 rings (SSSR count). The van der Waals surface area contributed by atoms with Crippen molar-refractivity contribution in [1.29, 1.82) is 0 Å². The van der Waals surface area contributed by atoms with E-state index in [-0.39, 0.29) is 24.6 Å². The van der Waals surface area contributed by atoms with Gasteiger partial charge in [0.05, 0.1) is 12.0 Å². The summed E-state index contributed by atoms with van der Waals surface area (Å²) < 4.78 is 0. The molecule has 2 unspecified atom stereocenters. The standard InChI is InChI=1S/C19H26N4O4/c1-12(20-19(27)23-10-2-3-14(11-23)17(24)25)13-4-6-15(7-5-13)21-18(26)22-16-8-9-16/h4-7,12,14,16H,2-3,8-11H2,1H3,(H,20,27)(H,24,25)(H2,21,22,26). The summed E-state index contributed by atoms with van der Waals surface area (Å²) >= 11 is 0. The van der Waals surface area contributed by atoms with Crippen molar-refractivity contribution in [2.24, 2.45) is 5.92 Å². The lowest BCUT2D eigenvalue weighted by atomic mass is 9.98. The summed E-state index contributed by atoms with van der Waals surface area (Å²) in [7, 11) is 0. The maximum atomic E-state index is 12.4. The largest absolute Gasteiger partial charge is 0.481 e. The lowest BCUT2D eigenvalue weighted by Crippen LogP contribution is -2.47. The van der Waals surface area contributed by atoms with E-state index in [1.807, 2.05) is 19.1 Å². The summed E-state index contributed by atoms with van der Waals surface area (Å²) in [6, 6.07) is 6.93. The van der Waals surface area contributed by atoms with Crippen LogP contribution in [0.1, 0.15) is 44.2 Å². The lowest BCUT2D eigenvalue weighted by Gasteiger charge is -2.31. The molecular formula is C19H26N4O4. The number of carboxylic acids is 1. The first kappa shape index (κ1) is 19.0. The molecule has 1 aliphatic carbocycles. The fourth-order valence-corrected chi connectivity index (χ4v) is 3.16. The van der Waals surface area contributed by atoms with Gasteiger partial charge in [0.1, 0.15) is 0 Å². The van der Waals surface area contributed by atoms with Gasteiger partial charge >= 0.3 is 18.0 Å². The van der Waals surface area contributed by atoms with Crippen molar-refractivity contribution in [2.75, 3.05) is 18.4 Å². The van der Waals surface area contributed by atoms with E-state index >= 15 is 0 Å². The quantitative estimate of drug-likeness (QED) is 0.635. The van der Waals surface area contributed by atoms with Crippen molar-refractivity contribution in [2.45, 2.75) is 44.7 Å². The van der Waals surface area contributed by atoms with E-state index in [0.717, 1.165) is 18.4 Å². The Morgan fingerprint density at radius 3 is 2.48 bits per heavy atom. The molecule has 2 atom stereocenters. The number of urea groups is 2. The zero-order valence-corrected chi connectivity index (χ0v) is 15.4. The predicted octanol–water partition coefficient (Wildman–Crippen LogP) is 2.54. The minimum atomic E-state index is -0.852. The molecule has 0 aromatic heterocycles. The second-order valence-corrected chi connectivity index (χ2v) is 7.29. The number of aliphatic carboxylic acids is 1. The number of hydrogen-bond acceptors (Lipinski definition) is 3. The number of benzene rings is 1. The topological polar surface area (TPSA) is 111 Å². The molecule has 4 N–H and O–H groups in total. The summed E-state index contributed by atoms with van der Waals surface area (Å²) in [6.45, 7) is 2.69. The van der Waals surface area contributed by atoms with Crippen LogP contribution in [-0.2, 0) is 4.79 Å². The third-order valence-corrected chi connectivity index (χ3v) is 4.98. The van der Waals surface area contributed by atoms with Crippen molar-refractivity contribution in [3.63, 3.8) is 0 Å². The van der Waals surface area contributed by atoms with Gasteiger partial charge in [0.15, 0.2) is 0 Å². The van der Waals surface area contributed by atoms with Gasteiger partial charge in [-0.1, -0.05) is 12.1 Å². The van der Waals surface area contributed by atoms with Crippen LogP contribution < -0.4 is 16.0 Å². The van der Waals surface area contributed by atoms with E-state index in [4.69, 9.17) is 5.11 Å². The Hall–Kier alpha value is -2.77. The Morgan fingerprint density at radius 1 is 1.15 bits per heavy atom. The fourth-order valence-electron chi connectivity index (χ4n) is 3.16. The van der Waals surface area contributed by atoms with Crippen molar-refractivity contribution in [3.05, 3.63) is 29.8 Å². The average Bonchev–Trinajstić information content (AvgIpc) is 3.46. The number of carboxylic acid groups (broad SMARTS) is 1. The molecule has 1 aromatic rings. The molecule has 2 fully saturated rings. The van der Waals surface area contributed by atoms with Crippen LogP contribution in [0.2, 0.25) is 0 Å². The van der Waals surface area contributed by atoms with Crippen LogP contribution in [0.15, 0.2) is 24.3 Å². The second kappa shape index (κ2) is 8.28. The van der Waals surface area contributed by atoms with Gasteiger partial charge in [-0.15, -0.1) is 0 Å². The predicted molar refractivity (Wildman–Crippen MR) is 100 cm³/mol. The molecule has 0 bridgehead atoms. The van der Waals surface area contributed by atoms with E-state index in [2.05, 4.69) is 16.0 Å². The summed E-state index contributed by atoms with van der Waals surface area (Å²) in [5.41, 5.74) is 1.60. The van der Waals surface area contributed by atoms with Gasteiger partial charge in [-0.25, -0.2) is 9.59 Å². The van der Waals surface area contributed by atoms with Crippen molar-refractivity contribution in [1.82, 2.24) is 15.5 Å². The minimum Gasteiger partial charge on any atom is -0.481 e. The normalized spacial score (nSPS) is 20.5. The minimum absolute atomic E-state index is 0.204. The van der Waals surface area contributed by atoms with Crippen molar-refractivity contribution in [3.8, 4) is 0 Å². The summed E-state index contributed by atoms with van der Waals surface area (Å²) in [5.74, 6) is -1.35. The Balaban J connectivity index is 1.50. The second-order valence-electron chi connectivity index (χ2n) is 7.29. The van der Waals surface area contributed by atoms with Crippen LogP contribution in [0.4, 0.5) is 15.3 Å². The molecule has 1 saturated carbocycles. The number of anilines is 1. The number of likely N-dealkylation sites (tertiary alicyclic amines) is 1. The molecule has 2 aliphatic rings. The maximum absolute atomic E-state index is 12.4. The highest BCUT2D eigenvalue weighted by Gasteiger charge is 2.28. The average molecular weight is 374 g/mol. The van der Waals surface area contributed by atoms with Gasteiger partial charge in [0.2, 0.25) is 0 Å². The molecule has 1 heterocycles. The van der Waals surface area contributed by atoms with Gasteiger partial charge in [0, 0.05) is 24.8 Å². The van der Waals surface area contributed by atoms with Gasteiger partial charge in [-0.2, -0.15) is 0 Å². The highest BCUT2D eigenvalue weighted by Crippen LogP contribution is 2.21. The summed E-state index contributed by atoms with van der Waals surface area (Å²) in [4.78, 5) is 36.9. The smallest absolute Gasteiger partial charge is 0.319 e.